The van der Waals surface area contributed by atoms with E-state index in [1.807, 2.05) is 6.92 Å². The highest BCUT2D eigenvalue weighted by molar-refractivity contribution is 5.93. The molecule has 6 atom stereocenters. The first-order valence-electron chi connectivity index (χ1n) is 10.9. The first-order valence-corrected chi connectivity index (χ1v) is 10.9. The van der Waals surface area contributed by atoms with Crippen molar-refractivity contribution in [3.63, 3.8) is 0 Å². The third-order valence-electron chi connectivity index (χ3n) is 6.67. The van der Waals surface area contributed by atoms with Gasteiger partial charge in [-0.3, -0.25) is 0 Å². The molecule has 0 spiro atoms. The fraction of sp³-hybridized carbons (Fsp3) is 0.480. The summed E-state index contributed by atoms with van der Waals surface area (Å²) in [6.45, 7) is 12.3. The summed E-state index contributed by atoms with van der Waals surface area (Å²) in [7, 11) is 0. The molecule has 8 nitrogen and oxygen atoms in total. The van der Waals surface area contributed by atoms with E-state index >= 15 is 0 Å². The van der Waals surface area contributed by atoms with Gasteiger partial charge in [-0.25, -0.2) is 14.4 Å². The van der Waals surface area contributed by atoms with E-state index in [1.165, 1.54) is 12.2 Å². The Morgan fingerprint density at radius 3 is 2.42 bits per heavy atom. The number of carbonyl (C=O) groups is 3. The van der Waals surface area contributed by atoms with E-state index in [9.17, 15) is 24.6 Å². The summed E-state index contributed by atoms with van der Waals surface area (Å²) in [6, 6.07) is 0. The number of hydrogen-bond donors (Lipinski definition) is 2. The predicted molar refractivity (Wildman–Crippen MR) is 118 cm³/mol. The third-order valence-corrected chi connectivity index (χ3v) is 6.67. The monoisotopic (exact) mass is 458 g/mol. The van der Waals surface area contributed by atoms with E-state index in [1.54, 1.807) is 19.9 Å². The minimum atomic E-state index is -0.784. The highest BCUT2D eigenvalue weighted by Gasteiger charge is 2.56. The summed E-state index contributed by atoms with van der Waals surface area (Å²) in [6.07, 6.45) is 2.70. The zero-order valence-electron chi connectivity index (χ0n) is 19.1. The Morgan fingerprint density at radius 2 is 1.82 bits per heavy atom. The molecule has 1 saturated heterocycles. The number of esters is 3. The smallest absolute Gasteiger partial charge is 0.337 e. The second-order valence-electron chi connectivity index (χ2n) is 8.54. The summed E-state index contributed by atoms with van der Waals surface area (Å²) in [5.41, 5.74) is 1.99. The Balaban J connectivity index is 1.80. The van der Waals surface area contributed by atoms with Gasteiger partial charge in [-0.1, -0.05) is 42.5 Å². The van der Waals surface area contributed by atoms with Crippen LogP contribution < -0.4 is 0 Å². The SMILES string of the molecule is C=C1C(=O)O[C@H]2[C@H]3C(C)=C[C@@H](O)[C@H]3C(=C)C[C@@H](OC(=O)/C(=C\C)COC(=O)/C(=C/C)CO)[C@H]12. The predicted octanol–water partition coefficient (Wildman–Crippen LogP) is 1.94. The van der Waals surface area contributed by atoms with Gasteiger partial charge in [0.25, 0.3) is 0 Å². The number of aliphatic hydroxyl groups excluding tert-OH is 2. The van der Waals surface area contributed by atoms with Crippen LogP contribution in [0, 0.1) is 17.8 Å². The Hall–Kier alpha value is -2.97. The Bertz CT molecular complexity index is 969. The van der Waals surface area contributed by atoms with Gasteiger partial charge in [-0.2, -0.15) is 0 Å². The number of carbonyl (C=O) groups excluding carboxylic acids is 3. The lowest BCUT2D eigenvalue weighted by atomic mass is 9.79. The molecule has 0 bridgehead atoms. The fourth-order valence-electron chi connectivity index (χ4n) is 4.90. The van der Waals surface area contributed by atoms with Crippen LogP contribution in [0.1, 0.15) is 27.2 Å². The summed E-state index contributed by atoms with van der Waals surface area (Å²) in [5, 5.41) is 19.7. The lowest BCUT2D eigenvalue weighted by Gasteiger charge is -2.29. The van der Waals surface area contributed by atoms with Gasteiger partial charge >= 0.3 is 17.9 Å². The van der Waals surface area contributed by atoms with E-state index in [2.05, 4.69) is 13.2 Å². The first kappa shape index (κ1) is 24.7. The molecule has 0 radical (unpaired) electrons. The quantitative estimate of drug-likeness (QED) is 0.268. The van der Waals surface area contributed by atoms with Gasteiger partial charge in [0.2, 0.25) is 0 Å². The Morgan fingerprint density at radius 1 is 1.15 bits per heavy atom. The van der Waals surface area contributed by atoms with Gasteiger partial charge < -0.3 is 24.4 Å². The van der Waals surface area contributed by atoms with Crippen LogP contribution >= 0.6 is 0 Å². The van der Waals surface area contributed by atoms with Gasteiger partial charge in [0.15, 0.2) is 0 Å². The molecule has 0 unspecified atom stereocenters. The lowest BCUT2D eigenvalue weighted by Crippen LogP contribution is -2.37. The highest BCUT2D eigenvalue weighted by Crippen LogP contribution is 2.51. The molecule has 178 valence electrons. The molecule has 0 aromatic carbocycles. The van der Waals surface area contributed by atoms with Crippen molar-refractivity contribution in [3.8, 4) is 0 Å². The maximum atomic E-state index is 12.9. The van der Waals surface area contributed by atoms with E-state index in [4.69, 9.17) is 14.2 Å². The van der Waals surface area contributed by atoms with Gasteiger partial charge in [-0.15, -0.1) is 0 Å². The molecule has 2 fully saturated rings. The molecule has 2 aliphatic carbocycles. The maximum absolute atomic E-state index is 12.9. The molecule has 33 heavy (non-hydrogen) atoms. The van der Waals surface area contributed by atoms with Gasteiger partial charge in [0, 0.05) is 23.8 Å². The molecule has 8 heteroatoms. The van der Waals surface area contributed by atoms with Crippen LogP contribution in [0.4, 0.5) is 0 Å². The van der Waals surface area contributed by atoms with Crippen molar-refractivity contribution < 1.29 is 38.8 Å². The van der Waals surface area contributed by atoms with Crippen LogP contribution in [-0.4, -0.2) is 59.6 Å². The summed E-state index contributed by atoms with van der Waals surface area (Å²) in [4.78, 5) is 37.3. The second kappa shape index (κ2) is 9.89. The minimum Gasteiger partial charge on any atom is -0.458 e. The topological polar surface area (TPSA) is 119 Å². The second-order valence-corrected chi connectivity index (χ2v) is 8.54. The number of rotatable bonds is 6. The van der Waals surface area contributed by atoms with Crippen LogP contribution in [0.3, 0.4) is 0 Å². The highest BCUT2D eigenvalue weighted by atomic mass is 16.6. The van der Waals surface area contributed by atoms with Crippen molar-refractivity contribution in [1.29, 1.82) is 0 Å². The molecule has 3 aliphatic rings. The number of aliphatic hydroxyl groups is 2. The zero-order chi connectivity index (χ0) is 24.4. The van der Waals surface area contributed by atoms with Crippen molar-refractivity contribution >= 4 is 17.9 Å². The Labute approximate surface area is 192 Å². The molecule has 0 aromatic heterocycles. The van der Waals surface area contributed by atoms with Crippen LogP contribution in [0.15, 0.2) is 59.3 Å². The van der Waals surface area contributed by atoms with Gasteiger partial charge in [0.1, 0.15) is 18.8 Å². The molecule has 0 amide bonds. The largest absolute Gasteiger partial charge is 0.458 e. The van der Waals surface area contributed by atoms with Crippen molar-refractivity contribution in [1.82, 2.24) is 0 Å². The van der Waals surface area contributed by atoms with Crippen LogP contribution in [0.25, 0.3) is 0 Å². The van der Waals surface area contributed by atoms with Crippen molar-refractivity contribution in [2.45, 2.75) is 45.5 Å². The minimum absolute atomic E-state index is 0.0770. The number of hydrogen-bond acceptors (Lipinski definition) is 8. The maximum Gasteiger partial charge on any atom is 0.337 e. The number of allylic oxidation sites excluding steroid dienone is 2. The van der Waals surface area contributed by atoms with Crippen LogP contribution in [-0.2, 0) is 28.6 Å². The fourth-order valence-corrected chi connectivity index (χ4v) is 4.90. The van der Waals surface area contributed by atoms with E-state index in [0.29, 0.717) is 5.57 Å². The first-order chi connectivity index (χ1) is 15.6. The standard InChI is InChI=1S/C25H30O8/c1-6-15(10-26)24(29)31-11-16(7-2)25(30)32-18-9-13(4)19-17(27)8-12(3)20(19)22-21(18)14(5)23(28)33-22/h6-8,17-22,26-27H,4-5,9-11H2,1-3H3/b15-6+,16-7-/t17-,18-,19-,20+,21+,22+/m1/s1. The average Bonchev–Trinajstić information content (AvgIpc) is 3.18. The summed E-state index contributed by atoms with van der Waals surface area (Å²) >= 11 is 0. The molecule has 1 saturated carbocycles. The van der Waals surface area contributed by atoms with Crippen molar-refractivity contribution in [3.05, 3.63) is 59.3 Å². The molecular formula is C25H30O8. The van der Waals surface area contributed by atoms with Crippen LogP contribution in [0.2, 0.25) is 0 Å². The molecule has 1 aliphatic heterocycles. The lowest BCUT2D eigenvalue weighted by molar-refractivity contribution is -0.149. The molecule has 3 rings (SSSR count). The number of fused-ring (bicyclic) bond motifs is 3. The Kier molecular flexibility index (Phi) is 7.39. The third kappa shape index (κ3) is 4.58. The van der Waals surface area contributed by atoms with Crippen molar-refractivity contribution in [2.24, 2.45) is 17.8 Å². The molecule has 0 aromatic rings. The zero-order valence-corrected chi connectivity index (χ0v) is 19.1. The van der Waals surface area contributed by atoms with Crippen LogP contribution in [0.5, 0.6) is 0 Å². The molecule has 2 N–H and O–H groups in total. The normalized spacial score (nSPS) is 31.9. The molecule has 1 heterocycles. The summed E-state index contributed by atoms with van der Waals surface area (Å²) < 4.78 is 16.5. The average molecular weight is 459 g/mol. The summed E-state index contributed by atoms with van der Waals surface area (Å²) in [5.74, 6) is -3.20. The van der Waals surface area contributed by atoms with Crippen molar-refractivity contribution in [2.75, 3.05) is 13.2 Å². The van der Waals surface area contributed by atoms with E-state index in [-0.39, 0.29) is 41.6 Å². The van der Waals surface area contributed by atoms with E-state index in [0.717, 1.165) is 5.57 Å². The van der Waals surface area contributed by atoms with E-state index < -0.39 is 48.7 Å². The van der Waals surface area contributed by atoms with Gasteiger partial charge in [0.05, 0.1) is 29.8 Å². The number of ether oxygens (including phenoxy) is 3. The van der Waals surface area contributed by atoms with Gasteiger partial charge in [-0.05, 0) is 20.8 Å². The molecular weight excluding hydrogens is 428 g/mol.